The molecule has 2 heterocycles. The van der Waals surface area contributed by atoms with Crippen molar-refractivity contribution in [3.63, 3.8) is 0 Å². The molecule has 0 aliphatic rings. The normalized spacial score (nSPS) is 12.1. The summed E-state index contributed by atoms with van der Waals surface area (Å²) in [6, 6.07) is 21.6. The first kappa shape index (κ1) is 18.0. The van der Waals surface area contributed by atoms with Crippen LogP contribution in [-0.4, -0.2) is 15.9 Å². The monoisotopic (exact) mass is 370 g/mol. The maximum absolute atomic E-state index is 12.9. The summed E-state index contributed by atoms with van der Waals surface area (Å²) in [7, 11) is 0. The maximum atomic E-state index is 12.9. The number of H-pyrrole nitrogens is 1. The van der Waals surface area contributed by atoms with Crippen LogP contribution in [0.3, 0.4) is 0 Å². The Morgan fingerprint density at radius 2 is 1.82 bits per heavy atom. The summed E-state index contributed by atoms with van der Waals surface area (Å²) >= 11 is 0. The molecule has 0 saturated heterocycles. The van der Waals surface area contributed by atoms with E-state index >= 15 is 0 Å². The van der Waals surface area contributed by atoms with E-state index in [4.69, 9.17) is 4.74 Å². The molecule has 4 aromatic rings. The highest BCUT2D eigenvalue weighted by molar-refractivity contribution is 5.89. The highest BCUT2D eigenvalue weighted by atomic mass is 16.5. The van der Waals surface area contributed by atoms with E-state index in [1.54, 1.807) is 6.20 Å². The number of aromatic nitrogens is 2. The van der Waals surface area contributed by atoms with E-state index in [2.05, 4.69) is 29.0 Å². The standard InChI is InChI=1S/C24H22N2O2/c1-16-11-12-21-20(14-16)19(17(2)26-21)15-23(27)28-24(18-8-4-3-5-9-18)22-10-6-7-13-25-22/h3-14,24,26H,15H2,1-2H3. The number of fused-ring (bicyclic) bond motifs is 1. The molecule has 0 aliphatic carbocycles. The molecule has 0 aliphatic heterocycles. The largest absolute Gasteiger partial charge is 0.451 e. The topological polar surface area (TPSA) is 55.0 Å². The second kappa shape index (κ2) is 7.69. The van der Waals surface area contributed by atoms with Crippen LogP contribution in [0.4, 0.5) is 0 Å². The molecule has 1 N–H and O–H groups in total. The highest BCUT2D eigenvalue weighted by Gasteiger charge is 2.22. The number of nitrogens with zero attached hydrogens (tertiary/aromatic N) is 1. The number of esters is 1. The fourth-order valence-corrected chi connectivity index (χ4v) is 3.50. The first-order chi connectivity index (χ1) is 13.6. The van der Waals surface area contributed by atoms with Gasteiger partial charge in [-0.05, 0) is 49.2 Å². The molecule has 0 saturated carbocycles. The summed E-state index contributed by atoms with van der Waals surface area (Å²) < 4.78 is 5.91. The van der Waals surface area contributed by atoms with E-state index in [1.165, 1.54) is 0 Å². The summed E-state index contributed by atoms with van der Waals surface area (Å²) in [4.78, 5) is 20.6. The number of carbonyl (C=O) groups is 1. The van der Waals surface area contributed by atoms with Gasteiger partial charge in [-0.2, -0.15) is 0 Å². The maximum Gasteiger partial charge on any atom is 0.311 e. The predicted octanol–water partition coefficient (Wildman–Crippen LogP) is 5.06. The Labute approximate surface area is 164 Å². The zero-order valence-corrected chi connectivity index (χ0v) is 16.0. The van der Waals surface area contributed by atoms with Crippen LogP contribution in [0.5, 0.6) is 0 Å². The predicted molar refractivity (Wildman–Crippen MR) is 110 cm³/mol. The molecule has 4 heteroatoms. The molecular formula is C24H22N2O2. The van der Waals surface area contributed by atoms with E-state index in [0.717, 1.165) is 33.3 Å². The fourth-order valence-electron chi connectivity index (χ4n) is 3.50. The van der Waals surface area contributed by atoms with E-state index in [1.807, 2.05) is 61.5 Å². The van der Waals surface area contributed by atoms with Crippen LogP contribution in [0.15, 0.2) is 72.9 Å². The van der Waals surface area contributed by atoms with Gasteiger partial charge in [0.1, 0.15) is 0 Å². The van der Waals surface area contributed by atoms with Crippen molar-refractivity contribution in [1.29, 1.82) is 0 Å². The second-order valence-electron chi connectivity index (χ2n) is 6.99. The van der Waals surface area contributed by atoms with Crippen molar-refractivity contribution >= 4 is 16.9 Å². The molecule has 140 valence electrons. The third kappa shape index (κ3) is 3.67. The lowest BCUT2D eigenvalue weighted by Crippen LogP contribution is -2.16. The Hall–Kier alpha value is -3.40. The number of ether oxygens (including phenoxy) is 1. The first-order valence-electron chi connectivity index (χ1n) is 9.35. The fraction of sp³-hybridized carbons (Fsp3) is 0.167. The van der Waals surface area contributed by atoms with Crippen LogP contribution in [-0.2, 0) is 16.0 Å². The van der Waals surface area contributed by atoms with Crippen molar-refractivity contribution < 1.29 is 9.53 Å². The van der Waals surface area contributed by atoms with Crippen molar-refractivity contribution in [3.05, 3.63) is 101 Å². The number of hydrogen-bond acceptors (Lipinski definition) is 3. The molecule has 28 heavy (non-hydrogen) atoms. The van der Waals surface area contributed by atoms with Gasteiger partial charge in [0, 0.05) is 22.8 Å². The minimum absolute atomic E-state index is 0.214. The molecule has 4 rings (SSSR count). The van der Waals surface area contributed by atoms with Crippen molar-refractivity contribution in [2.45, 2.75) is 26.4 Å². The minimum Gasteiger partial charge on any atom is -0.451 e. The van der Waals surface area contributed by atoms with Gasteiger partial charge in [0.2, 0.25) is 0 Å². The highest BCUT2D eigenvalue weighted by Crippen LogP contribution is 2.27. The second-order valence-corrected chi connectivity index (χ2v) is 6.99. The van der Waals surface area contributed by atoms with Gasteiger partial charge in [0.25, 0.3) is 0 Å². The van der Waals surface area contributed by atoms with Crippen LogP contribution >= 0.6 is 0 Å². The molecular weight excluding hydrogens is 348 g/mol. The van der Waals surface area contributed by atoms with Gasteiger partial charge in [-0.3, -0.25) is 9.78 Å². The van der Waals surface area contributed by atoms with Gasteiger partial charge >= 0.3 is 5.97 Å². The molecule has 1 unspecified atom stereocenters. The van der Waals surface area contributed by atoms with Crippen LogP contribution in [0, 0.1) is 13.8 Å². The Morgan fingerprint density at radius 1 is 1.04 bits per heavy atom. The van der Waals surface area contributed by atoms with Crippen molar-refractivity contribution in [1.82, 2.24) is 9.97 Å². The molecule has 2 aromatic carbocycles. The van der Waals surface area contributed by atoms with E-state index in [9.17, 15) is 4.79 Å². The first-order valence-corrected chi connectivity index (χ1v) is 9.35. The lowest BCUT2D eigenvalue weighted by atomic mass is 10.0. The van der Waals surface area contributed by atoms with Crippen LogP contribution in [0.2, 0.25) is 0 Å². The quantitative estimate of drug-likeness (QED) is 0.500. The third-order valence-corrected chi connectivity index (χ3v) is 4.90. The lowest BCUT2D eigenvalue weighted by molar-refractivity contribution is -0.146. The smallest absolute Gasteiger partial charge is 0.311 e. The Kier molecular flexibility index (Phi) is 4.94. The molecule has 2 aromatic heterocycles. The molecule has 4 nitrogen and oxygen atoms in total. The van der Waals surface area contributed by atoms with E-state index in [0.29, 0.717) is 5.69 Å². The number of pyridine rings is 1. The Bertz CT molecular complexity index is 1060. The number of carbonyl (C=O) groups excluding carboxylic acids is 1. The van der Waals surface area contributed by atoms with E-state index in [-0.39, 0.29) is 12.4 Å². The number of benzene rings is 2. The molecule has 0 radical (unpaired) electrons. The average molecular weight is 370 g/mol. The Balaban J connectivity index is 1.62. The number of aromatic amines is 1. The molecule has 0 bridgehead atoms. The van der Waals surface area contributed by atoms with Crippen LogP contribution < -0.4 is 0 Å². The van der Waals surface area contributed by atoms with Gasteiger partial charge in [-0.15, -0.1) is 0 Å². The number of rotatable bonds is 5. The summed E-state index contributed by atoms with van der Waals surface area (Å²) in [5, 5.41) is 1.07. The number of aryl methyl sites for hydroxylation is 2. The average Bonchev–Trinajstić information content (AvgIpc) is 3.02. The van der Waals surface area contributed by atoms with Gasteiger partial charge in [0.15, 0.2) is 6.10 Å². The van der Waals surface area contributed by atoms with Gasteiger partial charge in [0.05, 0.1) is 12.1 Å². The lowest BCUT2D eigenvalue weighted by Gasteiger charge is -2.18. The summed E-state index contributed by atoms with van der Waals surface area (Å²) in [5.41, 5.74) is 5.80. The number of nitrogens with one attached hydrogen (secondary N) is 1. The summed E-state index contributed by atoms with van der Waals surface area (Å²) in [5.74, 6) is -0.273. The third-order valence-electron chi connectivity index (χ3n) is 4.90. The molecule has 0 fully saturated rings. The van der Waals surface area contributed by atoms with Crippen LogP contribution in [0.25, 0.3) is 10.9 Å². The van der Waals surface area contributed by atoms with Gasteiger partial charge < -0.3 is 9.72 Å². The van der Waals surface area contributed by atoms with E-state index < -0.39 is 6.10 Å². The summed E-state index contributed by atoms with van der Waals surface area (Å²) in [6.07, 6.45) is 1.40. The summed E-state index contributed by atoms with van der Waals surface area (Å²) in [6.45, 7) is 4.04. The van der Waals surface area contributed by atoms with Crippen molar-refractivity contribution in [2.24, 2.45) is 0 Å². The molecule has 0 amide bonds. The number of hydrogen-bond donors (Lipinski definition) is 1. The zero-order valence-electron chi connectivity index (χ0n) is 16.0. The SMILES string of the molecule is Cc1ccc2[nH]c(C)c(CC(=O)OC(c3ccccc3)c3ccccn3)c2c1. The van der Waals surface area contributed by atoms with Gasteiger partial charge in [-0.25, -0.2) is 0 Å². The molecule has 1 atom stereocenters. The molecule has 0 spiro atoms. The minimum atomic E-state index is -0.526. The van der Waals surface area contributed by atoms with Crippen molar-refractivity contribution in [3.8, 4) is 0 Å². The zero-order chi connectivity index (χ0) is 19.5. The van der Waals surface area contributed by atoms with Gasteiger partial charge in [-0.1, -0.05) is 48.0 Å². The Morgan fingerprint density at radius 3 is 2.57 bits per heavy atom. The van der Waals surface area contributed by atoms with Crippen LogP contribution in [0.1, 0.15) is 34.2 Å². The van der Waals surface area contributed by atoms with Crippen molar-refractivity contribution in [2.75, 3.05) is 0 Å².